The van der Waals surface area contributed by atoms with Crippen LogP contribution in [-0.2, 0) is 0 Å². The maximum absolute atomic E-state index is 13.0. The zero-order chi connectivity index (χ0) is 12.6. The van der Waals surface area contributed by atoms with Crippen molar-refractivity contribution in [2.24, 2.45) is 0 Å². The number of alkyl halides is 1. The Bertz CT molecular complexity index is 532. The van der Waals surface area contributed by atoms with E-state index >= 15 is 0 Å². The van der Waals surface area contributed by atoms with E-state index in [4.69, 9.17) is 11.6 Å². The molecule has 0 aliphatic rings. The number of rotatable bonds is 2. The number of aromatic nitrogens is 4. The van der Waals surface area contributed by atoms with Gasteiger partial charge in [-0.1, -0.05) is 0 Å². The van der Waals surface area contributed by atoms with Crippen LogP contribution < -0.4 is 0 Å². The Morgan fingerprint density at radius 1 is 1.24 bits per heavy atom. The Kier molecular flexibility index (Phi) is 3.01. The topological polar surface area (TPSA) is 43.6 Å². The first-order valence-electron chi connectivity index (χ1n) is 4.58. The third kappa shape index (κ3) is 2.10. The minimum Gasteiger partial charge on any atom is -0.204 e. The standard InChI is InChI=1S/C9H6ClF3N4/c1-4(10)9-14-15-16-17(9)5-2-6(11)8(13)7(12)3-5/h2-4H,1H3. The van der Waals surface area contributed by atoms with Crippen LogP contribution in [0, 0.1) is 17.5 Å². The molecule has 90 valence electrons. The summed E-state index contributed by atoms with van der Waals surface area (Å²) in [5, 5.41) is 9.93. The van der Waals surface area contributed by atoms with Gasteiger partial charge in [-0.3, -0.25) is 0 Å². The van der Waals surface area contributed by atoms with Crippen molar-refractivity contribution < 1.29 is 13.2 Å². The van der Waals surface area contributed by atoms with Crippen molar-refractivity contribution in [3.8, 4) is 5.69 Å². The largest absolute Gasteiger partial charge is 0.204 e. The van der Waals surface area contributed by atoms with Crippen molar-refractivity contribution in [2.45, 2.75) is 12.3 Å². The van der Waals surface area contributed by atoms with Gasteiger partial charge in [-0.25, -0.2) is 13.2 Å². The highest BCUT2D eigenvalue weighted by molar-refractivity contribution is 6.20. The fraction of sp³-hybridized carbons (Fsp3) is 0.222. The van der Waals surface area contributed by atoms with Gasteiger partial charge in [-0.2, -0.15) is 4.68 Å². The molecule has 0 bridgehead atoms. The lowest BCUT2D eigenvalue weighted by atomic mass is 10.3. The monoisotopic (exact) mass is 262 g/mol. The van der Waals surface area contributed by atoms with Crippen LogP contribution >= 0.6 is 11.6 Å². The second-order valence-electron chi connectivity index (χ2n) is 3.29. The van der Waals surface area contributed by atoms with Gasteiger partial charge in [0, 0.05) is 12.1 Å². The average molecular weight is 263 g/mol. The predicted molar refractivity (Wildman–Crippen MR) is 53.3 cm³/mol. The Morgan fingerprint density at radius 2 is 1.82 bits per heavy atom. The third-order valence-electron chi connectivity index (χ3n) is 2.06. The van der Waals surface area contributed by atoms with Gasteiger partial charge in [0.1, 0.15) is 0 Å². The maximum Gasteiger partial charge on any atom is 0.194 e. The number of tetrazole rings is 1. The molecule has 1 heterocycles. The van der Waals surface area contributed by atoms with Crippen molar-refractivity contribution in [3.63, 3.8) is 0 Å². The molecule has 1 unspecified atom stereocenters. The molecular formula is C9H6ClF3N4. The van der Waals surface area contributed by atoms with E-state index in [1.165, 1.54) is 0 Å². The molecule has 0 radical (unpaired) electrons. The molecule has 1 aromatic heterocycles. The maximum atomic E-state index is 13.0. The van der Waals surface area contributed by atoms with Crippen molar-refractivity contribution in [1.29, 1.82) is 0 Å². The molecule has 4 nitrogen and oxygen atoms in total. The van der Waals surface area contributed by atoms with E-state index in [2.05, 4.69) is 15.5 Å². The number of nitrogens with zero attached hydrogens (tertiary/aromatic N) is 4. The van der Waals surface area contributed by atoms with Crippen LogP contribution in [-0.4, -0.2) is 20.2 Å². The van der Waals surface area contributed by atoms with E-state index in [9.17, 15) is 13.2 Å². The van der Waals surface area contributed by atoms with Gasteiger partial charge >= 0.3 is 0 Å². The summed E-state index contributed by atoms with van der Waals surface area (Å²) >= 11 is 5.79. The van der Waals surface area contributed by atoms with Crippen molar-refractivity contribution in [1.82, 2.24) is 20.2 Å². The van der Waals surface area contributed by atoms with Crippen LogP contribution in [0.4, 0.5) is 13.2 Å². The summed E-state index contributed by atoms with van der Waals surface area (Å²) in [5.74, 6) is -3.97. The molecule has 0 amide bonds. The zero-order valence-electron chi connectivity index (χ0n) is 8.53. The summed E-state index contributed by atoms with van der Waals surface area (Å²) in [4.78, 5) is 0. The Balaban J connectivity index is 2.57. The average Bonchev–Trinajstić information content (AvgIpc) is 2.74. The molecule has 2 rings (SSSR count). The SMILES string of the molecule is CC(Cl)c1nnnn1-c1cc(F)c(F)c(F)c1. The first kappa shape index (κ1) is 11.8. The van der Waals surface area contributed by atoms with Gasteiger partial charge in [-0.05, 0) is 17.4 Å². The highest BCUT2D eigenvalue weighted by atomic mass is 35.5. The van der Waals surface area contributed by atoms with Crippen LogP contribution in [0.15, 0.2) is 12.1 Å². The van der Waals surface area contributed by atoms with Gasteiger partial charge in [0.2, 0.25) is 0 Å². The molecule has 0 aliphatic carbocycles. The fourth-order valence-electron chi connectivity index (χ4n) is 1.29. The molecule has 0 spiro atoms. The first-order valence-corrected chi connectivity index (χ1v) is 5.01. The van der Waals surface area contributed by atoms with Gasteiger partial charge in [0.05, 0.1) is 11.1 Å². The zero-order valence-corrected chi connectivity index (χ0v) is 9.29. The Morgan fingerprint density at radius 3 is 2.35 bits per heavy atom. The van der Waals surface area contributed by atoms with E-state index in [0.29, 0.717) is 0 Å². The highest BCUT2D eigenvalue weighted by Gasteiger charge is 2.17. The van der Waals surface area contributed by atoms with E-state index in [1.807, 2.05) is 0 Å². The number of benzene rings is 1. The summed E-state index contributed by atoms with van der Waals surface area (Å²) in [6.07, 6.45) is 0. The smallest absolute Gasteiger partial charge is 0.194 e. The molecule has 1 aromatic carbocycles. The minimum atomic E-state index is -1.54. The van der Waals surface area contributed by atoms with Crippen molar-refractivity contribution in [2.75, 3.05) is 0 Å². The van der Waals surface area contributed by atoms with Crippen LogP contribution in [0.5, 0.6) is 0 Å². The fourth-order valence-corrected chi connectivity index (χ4v) is 1.43. The summed E-state index contributed by atoms with van der Waals surface area (Å²) < 4.78 is 39.9. The highest BCUT2D eigenvalue weighted by Crippen LogP contribution is 2.21. The Labute approximate surface area is 99.0 Å². The molecule has 0 N–H and O–H groups in total. The lowest BCUT2D eigenvalue weighted by Crippen LogP contribution is -2.06. The lowest BCUT2D eigenvalue weighted by molar-refractivity contribution is 0.445. The quantitative estimate of drug-likeness (QED) is 0.616. The molecular weight excluding hydrogens is 257 g/mol. The van der Waals surface area contributed by atoms with Crippen LogP contribution in [0.1, 0.15) is 18.1 Å². The molecule has 17 heavy (non-hydrogen) atoms. The number of halogens is 4. The van der Waals surface area contributed by atoms with E-state index in [1.54, 1.807) is 6.92 Å². The van der Waals surface area contributed by atoms with Gasteiger partial charge in [-0.15, -0.1) is 16.7 Å². The van der Waals surface area contributed by atoms with Gasteiger partial charge in [0.15, 0.2) is 23.3 Å². The second-order valence-corrected chi connectivity index (χ2v) is 3.94. The van der Waals surface area contributed by atoms with Crippen LogP contribution in [0.2, 0.25) is 0 Å². The van der Waals surface area contributed by atoms with Crippen LogP contribution in [0.25, 0.3) is 5.69 Å². The summed E-state index contributed by atoms with van der Waals surface area (Å²) in [6.45, 7) is 1.60. The van der Waals surface area contributed by atoms with Gasteiger partial charge in [0.25, 0.3) is 0 Å². The van der Waals surface area contributed by atoms with E-state index in [-0.39, 0.29) is 11.5 Å². The third-order valence-corrected chi connectivity index (χ3v) is 2.26. The molecule has 2 aromatic rings. The molecule has 0 fully saturated rings. The molecule has 1 atom stereocenters. The minimum absolute atomic E-state index is 0.0334. The molecule has 0 saturated carbocycles. The summed E-state index contributed by atoms with van der Waals surface area (Å²) in [5.41, 5.74) is -0.0334. The van der Waals surface area contributed by atoms with E-state index < -0.39 is 22.8 Å². The van der Waals surface area contributed by atoms with Crippen LogP contribution in [0.3, 0.4) is 0 Å². The second kappa shape index (κ2) is 4.33. The normalized spacial score (nSPS) is 12.8. The van der Waals surface area contributed by atoms with Crippen molar-refractivity contribution in [3.05, 3.63) is 35.4 Å². The molecule has 0 saturated heterocycles. The first-order chi connectivity index (χ1) is 8.00. The summed E-state index contributed by atoms with van der Waals surface area (Å²) in [7, 11) is 0. The number of hydrogen-bond acceptors (Lipinski definition) is 3. The Hall–Kier alpha value is -1.63. The number of hydrogen-bond donors (Lipinski definition) is 0. The lowest BCUT2D eigenvalue weighted by Gasteiger charge is -2.06. The van der Waals surface area contributed by atoms with Gasteiger partial charge < -0.3 is 0 Å². The summed E-state index contributed by atoms with van der Waals surface area (Å²) in [6, 6.07) is 1.58. The van der Waals surface area contributed by atoms with Crippen molar-refractivity contribution >= 4 is 11.6 Å². The molecule has 0 aliphatic heterocycles. The predicted octanol–water partition coefficient (Wildman–Crippen LogP) is 2.38. The van der Waals surface area contributed by atoms with E-state index in [0.717, 1.165) is 16.8 Å². The molecule has 8 heteroatoms.